The Morgan fingerprint density at radius 1 is 1.30 bits per heavy atom. The lowest BCUT2D eigenvalue weighted by atomic mass is 10.0. The summed E-state index contributed by atoms with van der Waals surface area (Å²) in [5, 5.41) is 23.2. The molecule has 6 nitrogen and oxygen atoms in total. The van der Waals surface area contributed by atoms with Crippen molar-refractivity contribution in [1.82, 2.24) is 5.32 Å². The number of nitrogens with one attached hydrogen (secondary N) is 1. The molecule has 0 aromatic heterocycles. The Balaban J connectivity index is 1.54. The summed E-state index contributed by atoms with van der Waals surface area (Å²) in [5.41, 5.74) is 1.80. The fraction of sp³-hybridized carbons (Fsp3) is 0.350. The van der Waals surface area contributed by atoms with Crippen LogP contribution in [0.15, 0.2) is 42.5 Å². The highest BCUT2D eigenvalue weighted by molar-refractivity contribution is 6.30. The normalized spacial score (nSPS) is 18.0. The lowest BCUT2D eigenvalue weighted by Crippen LogP contribution is -2.36. The van der Waals surface area contributed by atoms with E-state index in [1.165, 1.54) is 0 Å². The molecule has 0 bridgehead atoms. The number of aliphatic carboxylic acids is 1. The molecule has 3 atom stereocenters. The highest BCUT2D eigenvalue weighted by atomic mass is 35.5. The fourth-order valence-corrected chi connectivity index (χ4v) is 3.13. The van der Waals surface area contributed by atoms with Crippen LogP contribution in [-0.2, 0) is 11.2 Å². The quantitative estimate of drug-likeness (QED) is 0.672. The van der Waals surface area contributed by atoms with Gasteiger partial charge in [-0.1, -0.05) is 29.8 Å². The van der Waals surface area contributed by atoms with Gasteiger partial charge in [0.2, 0.25) is 6.10 Å². The van der Waals surface area contributed by atoms with Crippen molar-refractivity contribution in [1.29, 1.82) is 0 Å². The number of hydrogen-bond donors (Lipinski definition) is 3. The van der Waals surface area contributed by atoms with Crippen molar-refractivity contribution in [3.05, 3.63) is 58.6 Å². The zero-order valence-electron chi connectivity index (χ0n) is 14.9. The van der Waals surface area contributed by atoms with Gasteiger partial charge in [0.05, 0.1) is 6.10 Å². The number of carbonyl (C=O) groups is 1. The summed E-state index contributed by atoms with van der Waals surface area (Å²) >= 11 is 5.96. The smallest absolute Gasteiger partial charge is 0.348 e. The first kappa shape index (κ1) is 19.5. The molecule has 3 N–H and O–H groups in total. The number of carboxylic acid groups (broad SMARTS) is 1. The number of fused-ring (bicyclic) bond motifs is 1. The first-order valence-corrected chi connectivity index (χ1v) is 9.12. The van der Waals surface area contributed by atoms with Gasteiger partial charge in [-0.25, -0.2) is 4.79 Å². The lowest BCUT2D eigenvalue weighted by molar-refractivity contribution is -0.147. The zero-order valence-corrected chi connectivity index (χ0v) is 15.6. The summed E-state index contributed by atoms with van der Waals surface area (Å²) in [6.45, 7) is 2.43. The summed E-state index contributed by atoms with van der Waals surface area (Å²) in [6, 6.07) is 12.8. The molecular formula is C20H22ClNO5. The predicted octanol–water partition coefficient (Wildman–Crippen LogP) is 2.82. The molecule has 1 heterocycles. The first-order valence-electron chi connectivity index (χ1n) is 8.74. The molecule has 3 unspecified atom stereocenters. The molecule has 1 aliphatic rings. The van der Waals surface area contributed by atoms with Crippen LogP contribution in [0.4, 0.5) is 0 Å². The van der Waals surface area contributed by atoms with Gasteiger partial charge in [-0.2, -0.15) is 0 Å². The van der Waals surface area contributed by atoms with Gasteiger partial charge < -0.3 is 25.0 Å². The number of aliphatic hydroxyl groups is 1. The van der Waals surface area contributed by atoms with Crippen molar-refractivity contribution in [2.45, 2.75) is 31.6 Å². The molecule has 27 heavy (non-hydrogen) atoms. The molecule has 1 aliphatic heterocycles. The summed E-state index contributed by atoms with van der Waals surface area (Å²) < 4.78 is 10.9. The van der Waals surface area contributed by atoms with Gasteiger partial charge in [0, 0.05) is 17.6 Å². The highest BCUT2D eigenvalue weighted by Gasteiger charge is 2.27. The minimum atomic E-state index is -1.04. The summed E-state index contributed by atoms with van der Waals surface area (Å²) in [7, 11) is 0. The van der Waals surface area contributed by atoms with Crippen LogP contribution in [0.25, 0.3) is 0 Å². The third kappa shape index (κ3) is 5.13. The van der Waals surface area contributed by atoms with Gasteiger partial charge in [-0.15, -0.1) is 0 Å². The maximum atomic E-state index is 11.0. The Hall–Kier alpha value is -2.28. The van der Waals surface area contributed by atoms with Gasteiger partial charge in [0.1, 0.15) is 6.61 Å². The van der Waals surface area contributed by atoms with Crippen LogP contribution in [0.2, 0.25) is 5.02 Å². The fourth-order valence-electron chi connectivity index (χ4n) is 2.93. The third-order valence-electron chi connectivity index (χ3n) is 4.38. The van der Waals surface area contributed by atoms with E-state index < -0.39 is 18.2 Å². The molecule has 144 valence electrons. The summed E-state index contributed by atoms with van der Waals surface area (Å²) in [4.78, 5) is 11.0. The number of carboxylic acids is 1. The molecule has 2 aromatic carbocycles. The van der Waals surface area contributed by atoms with E-state index in [1.54, 1.807) is 18.2 Å². The Labute approximate surface area is 162 Å². The van der Waals surface area contributed by atoms with E-state index in [0.29, 0.717) is 23.1 Å². The molecule has 0 aliphatic carbocycles. The van der Waals surface area contributed by atoms with Gasteiger partial charge in [0.25, 0.3) is 0 Å². The highest BCUT2D eigenvalue weighted by Crippen LogP contribution is 2.33. The van der Waals surface area contributed by atoms with Gasteiger partial charge in [0.15, 0.2) is 11.5 Å². The van der Waals surface area contributed by atoms with Gasteiger partial charge in [-0.05, 0) is 48.7 Å². The summed E-state index contributed by atoms with van der Waals surface area (Å²) in [6.07, 6.45) is -0.891. The molecular weight excluding hydrogens is 370 g/mol. The van der Waals surface area contributed by atoms with Crippen molar-refractivity contribution < 1.29 is 24.5 Å². The van der Waals surface area contributed by atoms with Crippen molar-refractivity contribution in [2.75, 3.05) is 13.2 Å². The Bertz CT molecular complexity index is 813. The Morgan fingerprint density at radius 2 is 2.11 bits per heavy atom. The number of benzene rings is 2. The number of ether oxygens (including phenoxy) is 2. The van der Waals surface area contributed by atoms with E-state index in [2.05, 4.69) is 5.32 Å². The third-order valence-corrected chi connectivity index (χ3v) is 4.61. The second kappa shape index (κ2) is 8.61. The van der Waals surface area contributed by atoms with Crippen LogP contribution in [-0.4, -0.2) is 41.5 Å². The minimum Gasteiger partial charge on any atom is -0.485 e. The molecule has 0 amide bonds. The van der Waals surface area contributed by atoms with Crippen molar-refractivity contribution >= 4 is 17.6 Å². The van der Waals surface area contributed by atoms with Gasteiger partial charge >= 0.3 is 5.97 Å². The first-order chi connectivity index (χ1) is 12.9. The molecule has 0 fully saturated rings. The van der Waals surface area contributed by atoms with E-state index >= 15 is 0 Å². The molecule has 7 heteroatoms. The topological polar surface area (TPSA) is 88.0 Å². The van der Waals surface area contributed by atoms with Crippen molar-refractivity contribution in [3.63, 3.8) is 0 Å². The van der Waals surface area contributed by atoms with Crippen LogP contribution in [0.1, 0.15) is 24.2 Å². The lowest BCUT2D eigenvalue weighted by Gasteiger charge is -2.24. The van der Waals surface area contributed by atoms with Crippen LogP contribution in [0, 0.1) is 0 Å². The molecule has 0 saturated heterocycles. The number of aliphatic hydroxyl groups excluding tert-OH is 1. The Morgan fingerprint density at radius 3 is 2.85 bits per heavy atom. The SMILES string of the molecule is CC(Cc1ccc2c(c1)OCC(C(=O)O)O2)NCC(O)c1cccc(Cl)c1. The number of rotatable bonds is 7. The van der Waals surface area contributed by atoms with Crippen LogP contribution >= 0.6 is 11.6 Å². The zero-order chi connectivity index (χ0) is 19.4. The molecule has 0 radical (unpaired) electrons. The van der Waals surface area contributed by atoms with E-state index in [9.17, 15) is 9.90 Å². The maximum Gasteiger partial charge on any atom is 0.348 e. The van der Waals surface area contributed by atoms with E-state index in [0.717, 1.165) is 17.5 Å². The average Bonchev–Trinajstić information content (AvgIpc) is 2.65. The molecule has 0 spiro atoms. The van der Waals surface area contributed by atoms with Crippen LogP contribution in [0.5, 0.6) is 11.5 Å². The number of halogens is 1. The van der Waals surface area contributed by atoms with E-state index in [1.807, 2.05) is 31.2 Å². The molecule has 2 aromatic rings. The largest absolute Gasteiger partial charge is 0.485 e. The van der Waals surface area contributed by atoms with Crippen molar-refractivity contribution in [2.24, 2.45) is 0 Å². The van der Waals surface area contributed by atoms with Crippen LogP contribution in [0.3, 0.4) is 0 Å². The van der Waals surface area contributed by atoms with Crippen LogP contribution < -0.4 is 14.8 Å². The molecule has 0 saturated carbocycles. The average molecular weight is 392 g/mol. The minimum absolute atomic E-state index is 0.00851. The number of hydrogen-bond acceptors (Lipinski definition) is 5. The van der Waals surface area contributed by atoms with E-state index in [4.69, 9.17) is 26.2 Å². The van der Waals surface area contributed by atoms with E-state index in [-0.39, 0.29) is 12.6 Å². The van der Waals surface area contributed by atoms with Crippen molar-refractivity contribution in [3.8, 4) is 11.5 Å². The second-order valence-electron chi connectivity index (χ2n) is 6.62. The molecule has 3 rings (SSSR count). The second-order valence-corrected chi connectivity index (χ2v) is 7.06. The maximum absolute atomic E-state index is 11.0. The standard InChI is InChI=1S/C20H22ClNO5/c1-12(22-10-16(23)14-3-2-4-15(21)9-14)7-13-5-6-17-18(8-13)26-11-19(27-17)20(24)25/h2-6,8-9,12,16,19,22-23H,7,10-11H2,1H3,(H,24,25). The Kier molecular flexibility index (Phi) is 6.21. The summed E-state index contributed by atoms with van der Waals surface area (Å²) in [5.74, 6) is -0.0497. The monoisotopic (exact) mass is 391 g/mol. The van der Waals surface area contributed by atoms with Gasteiger partial charge in [-0.3, -0.25) is 0 Å². The predicted molar refractivity (Wildman–Crippen MR) is 102 cm³/mol.